The van der Waals surface area contributed by atoms with Crippen molar-refractivity contribution in [3.05, 3.63) is 17.0 Å². The molecule has 1 rings (SSSR count). The van der Waals surface area contributed by atoms with Crippen LogP contribution in [-0.4, -0.2) is 22.9 Å². The average Bonchev–Trinajstić information content (AvgIpc) is 2.45. The Bertz CT molecular complexity index is 369. The van der Waals surface area contributed by atoms with Gasteiger partial charge in [-0.15, -0.1) is 0 Å². The maximum atomic E-state index is 11.1. The number of ether oxygens (including phenoxy) is 1. The number of aryl methyl sites for hydroxylation is 1. The average molecular weight is 210 g/mol. The molecule has 0 radical (unpaired) electrons. The Morgan fingerprint density at radius 2 is 2.07 bits per heavy atom. The molecular weight excluding hydrogens is 192 g/mol. The zero-order valence-corrected chi connectivity index (χ0v) is 10.00. The van der Waals surface area contributed by atoms with Crippen molar-refractivity contribution in [1.29, 1.82) is 0 Å². The molecule has 0 saturated heterocycles. The van der Waals surface area contributed by atoms with Gasteiger partial charge >= 0.3 is 5.97 Å². The van der Waals surface area contributed by atoms with Crippen molar-refractivity contribution >= 4 is 5.97 Å². The minimum absolute atomic E-state index is 0.0462. The van der Waals surface area contributed by atoms with Gasteiger partial charge in [-0.3, -0.25) is 9.48 Å². The highest BCUT2D eigenvalue weighted by Gasteiger charge is 2.16. The number of rotatable bonds is 3. The van der Waals surface area contributed by atoms with Gasteiger partial charge in [-0.25, -0.2) is 0 Å². The zero-order chi connectivity index (χ0) is 11.6. The fraction of sp³-hybridized carbons (Fsp3) is 0.636. The summed E-state index contributed by atoms with van der Waals surface area (Å²) in [6, 6.07) is 0.0462. The number of methoxy groups -OCH3 is 1. The van der Waals surface area contributed by atoms with E-state index >= 15 is 0 Å². The maximum Gasteiger partial charge on any atom is 0.307 e. The van der Waals surface area contributed by atoms with E-state index in [4.69, 9.17) is 0 Å². The second kappa shape index (κ2) is 4.47. The van der Waals surface area contributed by atoms with Crippen LogP contribution >= 0.6 is 0 Å². The summed E-state index contributed by atoms with van der Waals surface area (Å²) >= 11 is 0. The van der Waals surface area contributed by atoms with Crippen molar-refractivity contribution in [2.45, 2.75) is 40.2 Å². The molecule has 0 aliphatic rings. The first-order valence-electron chi connectivity index (χ1n) is 5.06. The predicted molar refractivity (Wildman–Crippen MR) is 57.8 cm³/mol. The summed E-state index contributed by atoms with van der Waals surface area (Å²) in [5, 5.41) is 4.41. The molecule has 84 valence electrons. The number of hydrogen-bond donors (Lipinski definition) is 0. The molecule has 4 nitrogen and oxygen atoms in total. The van der Waals surface area contributed by atoms with Gasteiger partial charge in [0.1, 0.15) is 0 Å². The summed E-state index contributed by atoms with van der Waals surface area (Å²) < 4.78 is 6.53. The Morgan fingerprint density at radius 3 is 2.47 bits per heavy atom. The summed E-state index contributed by atoms with van der Waals surface area (Å²) in [6.45, 7) is 8.00. The lowest BCUT2D eigenvalue weighted by molar-refractivity contribution is -0.141. The van der Waals surface area contributed by atoms with Crippen LogP contribution in [0.4, 0.5) is 0 Å². The third-order valence-corrected chi connectivity index (χ3v) is 2.79. The van der Waals surface area contributed by atoms with Crippen molar-refractivity contribution in [2.75, 3.05) is 7.11 Å². The molecule has 1 heterocycles. The van der Waals surface area contributed by atoms with Gasteiger partial charge in [-0.2, -0.15) is 5.10 Å². The normalized spacial score (nSPS) is 12.6. The van der Waals surface area contributed by atoms with Crippen molar-refractivity contribution in [3.8, 4) is 0 Å². The highest BCUT2D eigenvalue weighted by molar-refractivity contribution is 5.69. The molecule has 0 aliphatic heterocycles. The topological polar surface area (TPSA) is 44.1 Å². The van der Waals surface area contributed by atoms with Gasteiger partial charge in [-0.1, -0.05) is 0 Å². The van der Waals surface area contributed by atoms with E-state index in [-0.39, 0.29) is 12.0 Å². The zero-order valence-electron chi connectivity index (χ0n) is 10.00. The molecule has 0 saturated carbocycles. The van der Waals surface area contributed by atoms with E-state index < -0.39 is 0 Å². The standard InChI is InChI=1S/C11H18N2O2/c1-7(6-11(14)15-5)13-10(4)8(2)9(3)12-13/h7H,6H2,1-5H3. The first kappa shape index (κ1) is 11.8. The lowest BCUT2D eigenvalue weighted by Crippen LogP contribution is -2.14. The second-order valence-corrected chi connectivity index (χ2v) is 3.87. The molecule has 0 fully saturated rings. The molecule has 0 bridgehead atoms. The number of carbonyl (C=O) groups is 1. The van der Waals surface area contributed by atoms with Gasteiger partial charge < -0.3 is 4.74 Å². The van der Waals surface area contributed by atoms with E-state index in [1.54, 1.807) is 0 Å². The Labute approximate surface area is 90.2 Å². The smallest absolute Gasteiger partial charge is 0.307 e. The summed E-state index contributed by atoms with van der Waals surface area (Å²) in [5.74, 6) is -0.201. The lowest BCUT2D eigenvalue weighted by Gasteiger charge is -2.12. The first-order chi connectivity index (χ1) is 6.97. The number of esters is 1. The van der Waals surface area contributed by atoms with Crippen LogP contribution < -0.4 is 0 Å². The largest absolute Gasteiger partial charge is 0.469 e. The highest BCUT2D eigenvalue weighted by Crippen LogP contribution is 2.18. The Hall–Kier alpha value is -1.32. The molecule has 1 atom stereocenters. The SMILES string of the molecule is COC(=O)CC(C)n1nc(C)c(C)c1C. The molecule has 0 spiro atoms. The Balaban J connectivity index is 2.87. The summed E-state index contributed by atoms with van der Waals surface area (Å²) in [6.07, 6.45) is 0.359. The van der Waals surface area contributed by atoms with E-state index in [2.05, 4.69) is 9.84 Å². The molecule has 0 aromatic carbocycles. The van der Waals surface area contributed by atoms with Gasteiger partial charge in [0.2, 0.25) is 0 Å². The quantitative estimate of drug-likeness (QED) is 0.716. The van der Waals surface area contributed by atoms with Crippen molar-refractivity contribution in [1.82, 2.24) is 9.78 Å². The Kier molecular flexibility index (Phi) is 3.50. The summed E-state index contributed by atoms with van der Waals surface area (Å²) in [4.78, 5) is 11.1. The van der Waals surface area contributed by atoms with E-state index in [1.807, 2.05) is 32.4 Å². The minimum atomic E-state index is -0.201. The highest BCUT2D eigenvalue weighted by atomic mass is 16.5. The molecule has 0 N–H and O–H groups in total. The monoisotopic (exact) mass is 210 g/mol. The fourth-order valence-corrected chi connectivity index (χ4v) is 1.59. The van der Waals surface area contributed by atoms with E-state index in [0.29, 0.717) is 6.42 Å². The summed E-state index contributed by atoms with van der Waals surface area (Å²) in [7, 11) is 1.40. The van der Waals surface area contributed by atoms with Crippen molar-refractivity contribution in [3.63, 3.8) is 0 Å². The summed E-state index contributed by atoms with van der Waals surface area (Å²) in [5.41, 5.74) is 3.32. The second-order valence-electron chi connectivity index (χ2n) is 3.87. The Morgan fingerprint density at radius 1 is 1.47 bits per heavy atom. The van der Waals surface area contributed by atoms with Crippen LogP contribution in [0.15, 0.2) is 0 Å². The first-order valence-corrected chi connectivity index (χ1v) is 5.06. The van der Waals surface area contributed by atoms with E-state index in [1.165, 1.54) is 12.7 Å². The van der Waals surface area contributed by atoms with Gasteiger partial charge in [0.25, 0.3) is 0 Å². The van der Waals surface area contributed by atoms with E-state index in [0.717, 1.165) is 11.4 Å². The number of carbonyl (C=O) groups excluding carboxylic acids is 1. The molecule has 4 heteroatoms. The molecular formula is C11H18N2O2. The molecule has 0 aliphatic carbocycles. The van der Waals surface area contributed by atoms with Crippen LogP contribution in [0.5, 0.6) is 0 Å². The number of nitrogens with zero attached hydrogens (tertiary/aromatic N) is 2. The van der Waals surface area contributed by atoms with Crippen molar-refractivity contribution in [2.24, 2.45) is 0 Å². The van der Waals surface area contributed by atoms with Crippen molar-refractivity contribution < 1.29 is 9.53 Å². The molecule has 15 heavy (non-hydrogen) atoms. The van der Waals surface area contributed by atoms with Crippen LogP contribution in [0.1, 0.15) is 36.3 Å². The van der Waals surface area contributed by atoms with Crippen LogP contribution in [-0.2, 0) is 9.53 Å². The van der Waals surface area contributed by atoms with Gasteiger partial charge in [0.05, 0.1) is 25.3 Å². The third kappa shape index (κ3) is 2.37. The maximum absolute atomic E-state index is 11.1. The number of hydrogen-bond acceptors (Lipinski definition) is 3. The lowest BCUT2D eigenvalue weighted by atomic mass is 10.2. The third-order valence-electron chi connectivity index (χ3n) is 2.79. The minimum Gasteiger partial charge on any atom is -0.469 e. The molecule has 1 aromatic rings. The van der Waals surface area contributed by atoms with E-state index in [9.17, 15) is 4.79 Å². The van der Waals surface area contributed by atoms with Gasteiger partial charge in [-0.05, 0) is 33.3 Å². The molecule has 1 aromatic heterocycles. The predicted octanol–water partition coefficient (Wildman–Crippen LogP) is 1.93. The van der Waals surface area contributed by atoms with Crippen LogP contribution in [0.3, 0.4) is 0 Å². The molecule has 1 unspecified atom stereocenters. The fourth-order valence-electron chi connectivity index (χ4n) is 1.59. The van der Waals surface area contributed by atoms with Crippen LogP contribution in [0.25, 0.3) is 0 Å². The van der Waals surface area contributed by atoms with Crippen LogP contribution in [0.2, 0.25) is 0 Å². The number of aromatic nitrogens is 2. The van der Waals surface area contributed by atoms with Gasteiger partial charge in [0, 0.05) is 5.69 Å². The molecule has 0 amide bonds. The van der Waals surface area contributed by atoms with Gasteiger partial charge in [0.15, 0.2) is 0 Å². The van der Waals surface area contributed by atoms with Crippen LogP contribution in [0, 0.1) is 20.8 Å².